The highest BCUT2D eigenvalue weighted by Crippen LogP contribution is 2.26. The maximum absolute atomic E-state index is 12.3. The Bertz CT molecular complexity index is 387. The normalized spacial score (nSPS) is 15.4. The molecule has 1 saturated carbocycles. The summed E-state index contributed by atoms with van der Waals surface area (Å²) in [5, 5.41) is 9.04. The highest BCUT2D eigenvalue weighted by atomic mass is 79.9. The second kappa shape index (κ2) is 5.65. The molecule has 3 nitrogen and oxygen atoms in total. The highest BCUT2D eigenvalue weighted by Gasteiger charge is 2.28. The Labute approximate surface area is 110 Å². The van der Waals surface area contributed by atoms with E-state index in [4.69, 9.17) is 5.11 Å². The smallest absolute Gasteiger partial charge is 0.254 e. The van der Waals surface area contributed by atoms with Crippen LogP contribution in [0.2, 0.25) is 0 Å². The average molecular weight is 298 g/mol. The van der Waals surface area contributed by atoms with Crippen molar-refractivity contribution in [3.63, 3.8) is 0 Å². The number of nitrogens with zero attached hydrogens (tertiary/aromatic N) is 1. The van der Waals surface area contributed by atoms with Crippen LogP contribution in [0.3, 0.4) is 0 Å². The Morgan fingerprint density at radius 1 is 1.35 bits per heavy atom. The summed E-state index contributed by atoms with van der Waals surface area (Å²) in [5.74, 6) is 0.0243. The lowest BCUT2D eigenvalue weighted by Gasteiger charge is -2.37. The van der Waals surface area contributed by atoms with Gasteiger partial charge in [-0.15, -0.1) is 0 Å². The molecule has 1 aromatic rings. The molecule has 0 atom stereocenters. The molecule has 0 aromatic heterocycles. The fraction of sp³-hybridized carbons (Fsp3) is 0.462. The van der Waals surface area contributed by atoms with Crippen molar-refractivity contribution in [3.05, 3.63) is 34.3 Å². The first kappa shape index (κ1) is 12.6. The van der Waals surface area contributed by atoms with Crippen LogP contribution in [0.25, 0.3) is 0 Å². The number of carbonyl (C=O) groups excluding carboxylic acids is 1. The van der Waals surface area contributed by atoms with Crippen LogP contribution in [0.15, 0.2) is 28.7 Å². The maximum Gasteiger partial charge on any atom is 0.254 e. The number of halogens is 1. The van der Waals surface area contributed by atoms with E-state index >= 15 is 0 Å². The number of hydrogen-bond donors (Lipinski definition) is 1. The largest absolute Gasteiger partial charge is 0.395 e. The van der Waals surface area contributed by atoms with Gasteiger partial charge in [0.05, 0.1) is 6.61 Å². The minimum atomic E-state index is 0.0243. The summed E-state index contributed by atoms with van der Waals surface area (Å²) in [5.41, 5.74) is 0.688. The minimum Gasteiger partial charge on any atom is -0.395 e. The summed E-state index contributed by atoms with van der Waals surface area (Å²) in [6, 6.07) is 7.68. The van der Waals surface area contributed by atoms with E-state index in [1.165, 1.54) is 6.42 Å². The zero-order chi connectivity index (χ0) is 12.3. The molecule has 1 N–H and O–H groups in total. The Morgan fingerprint density at radius 2 is 2.00 bits per heavy atom. The van der Waals surface area contributed by atoms with Gasteiger partial charge in [-0.2, -0.15) is 0 Å². The summed E-state index contributed by atoms with van der Waals surface area (Å²) in [6.07, 6.45) is 3.30. The van der Waals surface area contributed by atoms with Crippen molar-refractivity contribution in [2.24, 2.45) is 0 Å². The molecule has 1 aromatic carbocycles. The third-order valence-electron chi connectivity index (χ3n) is 3.21. The molecule has 1 fully saturated rings. The van der Waals surface area contributed by atoms with Crippen molar-refractivity contribution < 1.29 is 9.90 Å². The molecule has 0 radical (unpaired) electrons. The van der Waals surface area contributed by atoms with Gasteiger partial charge in [-0.25, -0.2) is 0 Å². The molecule has 0 saturated heterocycles. The Kier molecular flexibility index (Phi) is 4.18. The second-order valence-corrected chi connectivity index (χ2v) is 5.23. The molecule has 4 heteroatoms. The van der Waals surface area contributed by atoms with E-state index in [2.05, 4.69) is 15.9 Å². The first-order chi connectivity index (χ1) is 8.22. The van der Waals surface area contributed by atoms with Gasteiger partial charge in [-0.05, 0) is 43.5 Å². The predicted octanol–water partition coefficient (Wildman–Crippen LogP) is 2.44. The first-order valence-corrected chi connectivity index (χ1v) is 6.69. The van der Waals surface area contributed by atoms with Gasteiger partial charge >= 0.3 is 0 Å². The van der Waals surface area contributed by atoms with Crippen molar-refractivity contribution in [2.75, 3.05) is 13.2 Å². The van der Waals surface area contributed by atoms with Crippen molar-refractivity contribution in [3.8, 4) is 0 Å². The zero-order valence-corrected chi connectivity index (χ0v) is 11.2. The number of aliphatic hydroxyl groups excluding tert-OH is 1. The molecule has 1 aliphatic rings. The van der Waals surface area contributed by atoms with Crippen LogP contribution in [-0.4, -0.2) is 35.1 Å². The lowest BCUT2D eigenvalue weighted by molar-refractivity contribution is 0.0526. The van der Waals surface area contributed by atoms with E-state index in [1.54, 1.807) is 4.90 Å². The molecule has 0 unspecified atom stereocenters. The maximum atomic E-state index is 12.3. The highest BCUT2D eigenvalue weighted by molar-refractivity contribution is 9.10. The van der Waals surface area contributed by atoms with E-state index in [0.29, 0.717) is 18.2 Å². The summed E-state index contributed by atoms with van der Waals surface area (Å²) in [7, 11) is 0. The fourth-order valence-corrected chi connectivity index (χ4v) is 2.28. The van der Waals surface area contributed by atoms with Gasteiger partial charge in [-0.1, -0.05) is 15.9 Å². The van der Waals surface area contributed by atoms with Gasteiger partial charge in [0.2, 0.25) is 0 Å². The van der Waals surface area contributed by atoms with Gasteiger partial charge in [0, 0.05) is 22.6 Å². The standard InChI is InChI=1S/C13H16BrNO2/c14-11-6-4-10(5-7-11)13(17)15(8-9-16)12-2-1-3-12/h4-7,12,16H,1-3,8-9H2. The van der Waals surface area contributed by atoms with Crippen molar-refractivity contribution >= 4 is 21.8 Å². The number of carbonyl (C=O) groups is 1. The van der Waals surface area contributed by atoms with Gasteiger partial charge in [0.1, 0.15) is 0 Å². The third-order valence-corrected chi connectivity index (χ3v) is 3.74. The summed E-state index contributed by atoms with van der Waals surface area (Å²) < 4.78 is 0.964. The van der Waals surface area contributed by atoms with Gasteiger partial charge in [-0.3, -0.25) is 4.79 Å². The van der Waals surface area contributed by atoms with Crippen LogP contribution >= 0.6 is 15.9 Å². The SMILES string of the molecule is O=C(c1ccc(Br)cc1)N(CCO)C1CCC1. The third kappa shape index (κ3) is 2.87. The molecular weight excluding hydrogens is 282 g/mol. The predicted molar refractivity (Wildman–Crippen MR) is 69.9 cm³/mol. The molecule has 2 rings (SSSR count). The van der Waals surface area contributed by atoms with E-state index in [9.17, 15) is 4.79 Å². The van der Waals surface area contributed by atoms with Crippen LogP contribution in [0.1, 0.15) is 29.6 Å². The topological polar surface area (TPSA) is 40.5 Å². The fourth-order valence-electron chi connectivity index (χ4n) is 2.01. The number of amides is 1. The van der Waals surface area contributed by atoms with Crippen LogP contribution in [-0.2, 0) is 0 Å². The molecule has 0 spiro atoms. The molecule has 0 bridgehead atoms. The second-order valence-electron chi connectivity index (χ2n) is 4.31. The average Bonchev–Trinajstić information content (AvgIpc) is 2.26. The van der Waals surface area contributed by atoms with E-state index < -0.39 is 0 Å². The van der Waals surface area contributed by atoms with Crippen LogP contribution in [0, 0.1) is 0 Å². The molecule has 0 heterocycles. The molecule has 1 aliphatic carbocycles. The Morgan fingerprint density at radius 3 is 2.47 bits per heavy atom. The monoisotopic (exact) mass is 297 g/mol. The van der Waals surface area contributed by atoms with Crippen LogP contribution in [0.4, 0.5) is 0 Å². The molecular formula is C13H16BrNO2. The zero-order valence-electron chi connectivity index (χ0n) is 9.60. The minimum absolute atomic E-state index is 0.0243. The number of benzene rings is 1. The van der Waals surface area contributed by atoms with E-state index in [1.807, 2.05) is 24.3 Å². The number of rotatable bonds is 4. The lowest BCUT2D eigenvalue weighted by atomic mass is 9.91. The van der Waals surface area contributed by atoms with E-state index in [0.717, 1.165) is 17.3 Å². The van der Waals surface area contributed by atoms with Gasteiger partial charge in [0.15, 0.2) is 0 Å². The quantitative estimate of drug-likeness (QED) is 0.927. The number of hydrogen-bond acceptors (Lipinski definition) is 2. The first-order valence-electron chi connectivity index (χ1n) is 5.90. The molecule has 1 amide bonds. The number of aliphatic hydroxyl groups is 1. The molecule has 0 aliphatic heterocycles. The van der Waals surface area contributed by atoms with Crippen LogP contribution < -0.4 is 0 Å². The van der Waals surface area contributed by atoms with Crippen LogP contribution in [0.5, 0.6) is 0 Å². The molecule has 92 valence electrons. The van der Waals surface area contributed by atoms with Gasteiger partial charge < -0.3 is 10.0 Å². The summed E-state index contributed by atoms with van der Waals surface area (Å²) in [4.78, 5) is 14.1. The molecule has 17 heavy (non-hydrogen) atoms. The van der Waals surface area contributed by atoms with Crippen molar-refractivity contribution in [1.29, 1.82) is 0 Å². The summed E-state index contributed by atoms with van der Waals surface area (Å²) >= 11 is 3.35. The van der Waals surface area contributed by atoms with Crippen molar-refractivity contribution in [2.45, 2.75) is 25.3 Å². The van der Waals surface area contributed by atoms with E-state index in [-0.39, 0.29) is 12.5 Å². The Balaban J connectivity index is 2.12. The van der Waals surface area contributed by atoms with Crippen molar-refractivity contribution in [1.82, 2.24) is 4.90 Å². The van der Waals surface area contributed by atoms with Gasteiger partial charge in [0.25, 0.3) is 5.91 Å². The lowest BCUT2D eigenvalue weighted by Crippen LogP contribution is -2.45. The Hall–Kier alpha value is -0.870. The summed E-state index contributed by atoms with van der Waals surface area (Å²) in [6.45, 7) is 0.457.